The van der Waals surface area contributed by atoms with Crippen molar-refractivity contribution < 1.29 is 8.42 Å². The molecule has 0 fully saturated rings. The predicted octanol–water partition coefficient (Wildman–Crippen LogP) is 2.51. The second-order valence-corrected chi connectivity index (χ2v) is 7.87. The van der Waals surface area contributed by atoms with Crippen molar-refractivity contribution >= 4 is 10.0 Å². The van der Waals surface area contributed by atoms with Gasteiger partial charge in [0.2, 0.25) is 10.0 Å². The summed E-state index contributed by atoms with van der Waals surface area (Å²) >= 11 is 0. The summed E-state index contributed by atoms with van der Waals surface area (Å²) in [5, 5.41) is 8.36. The molecule has 0 atom stereocenters. The molecule has 2 aromatic heterocycles. The van der Waals surface area contributed by atoms with E-state index in [1.54, 1.807) is 17.1 Å². The molecule has 0 saturated carbocycles. The molecule has 138 valence electrons. The van der Waals surface area contributed by atoms with Crippen molar-refractivity contribution in [1.82, 2.24) is 23.9 Å². The molecule has 1 aromatic carbocycles. The zero-order valence-corrected chi connectivity index (χ0v) is 15.8. The van der Waals surface area contributed by atoms with Crippen molar-refractivity contribution in [3.8, 4) is 0 Å². The smallest absolute Gasteiger partial charge is 0.246 e. The van der Waals surface area contributed by atoms with Gasteiger partial charge in [0.05, 0.1) is 18.4 Å². The lowest BCUT2D eigenvalue weighted by Crippen LogP contribution is -2.31. The molecule has 0 unspecified atom stereocenters. The van der Waals surface area contributed by atoms with Gasteiger partial charge in [-0.1, -0.05) is 30.3 Å². The van der Waals surface area contributed by atoms with Gasteiger partial charge in [0.1, 0.15) is 4.90 Å². The Balaban J connectivity index is 1.96. The van der Waals surface area contributed by atoms with E-state index < -0.39 is 10.0 Å². The molecule has 0 aliphatic rings. The zero-order chi connectivity index (χ0) is 18.6. The van der Waals surface area contributed by atoms with E-state index in [9.17, 15) is 8.42 Å². The highest BCUT2D eigenvalue weighted by atomic mass is 32.2. The van der Waals surface area contributed by atoms with Gasteiger partial charge in [-0.25, -0.2) is 8.42 Å². The number of aromatic nitrogens is 4. The molecule has 3 rings (SSSR count). The van der Waals surface area contributed by atoms with Crippen LogP contribution in [0, 0.1) is 0 Å². The van der Waals surface area contributed by atoms with E-state index in [1.165, 1.54) is 10.5 Å². The zero-order valence-electron chi connectivity index (χ0n) is 15.0. The first-order chi connectivity index (χ1) is 12.5. The summed E-state index contributed by atoms with van der Waals surface area (Å²) in [5.74, 6) is 0. The Morgan fingerprint density at radius 1 is 1.00 bits per heavy atom. The molecule has 0 aliphatic carbocycles. The number of hydrogen-bond donors (Lipinski definition) is 0. The first-order valence-electron chi connectivity index (χ1n) is 8.61. The standard InChI is InChI=1S/C18H23N5O2S/c1-3-21-15-18(12-20-21)26(24,25)22(13-16-8-6-5-7-9-16)14-17-10-11-19-23(17)4-2/h5-12,15H,3-4,13-14H2,1-2H3. The monoisotopic (exact) mass is 373 g/mol. The Kier molecular flexibility index (Phi) is 5.53. The molecule has 0 bridgehead atoms. The van der Waals surface area contributed by atoms with E-state index in [2.05, 4.69) is 10.2 Å². The highest BCUT2D eigenvalue weighted by molar-refractivity contribution is 7.89. The van der Waals surface area contributed by atoms with E-state index in [0.29, 0.717) is 13.1 Å². The Morgan fingerprint density at radius 2 is 1.77 bits per heavy atom. The molecule has 0 radical (unpaired) electrons. The summed E-state index contributed by atoms with van der Waals surface area (Å²) in [6.07, 6.45) is 4.68. The van der Waals surface area contributed by atoms with Crippen LogP contribution in [-0.4, -0.2) is 32.3 Å². The van der Waals surface area contributed by atoms with Gasteiger partial charge < -0.3 is 0 Å². The van der Waals surface area contributed by atoms with Crippen molar-refractivity contribution in [2.75, 3.05) is 0 Å². The Hall–Kier alpha value is -2.45. The van der Waals surface area contributed by atoms with Gasteiger partial charge in [0.25, 0.3) is 0 Å². The Bertz CT molecular complexity index is 947. The number of benzene rings is 1. The van der Waals surface area contributed by atoms with Crippen LogP contribution in [0.5, 0.6) is 0 Å². The molecule has 8 heteroatoms. The van der Waals surface area contributed by atoms with Gasteiger partial charge in [0.15, 0.2) is 0 Å². The third-order valence-electron chi connectivity index (χ3n) is 4.22. The molecular formula is C18H23N5O2S. The maximum atomic E-state index is 13.2. The quantitative estimate of drug-likeness (QED) is 0.608. The molecule has 0 amide bonds. The van der Waals surface area contributed by atoms with E-state index in [0.717, 1.165) is 11.3 Å². The van der Waals surface area contributed by atoms with Crippen LogP contribution < -0.4 is 0 Å². The minimum absolute atomic E-state index is 0.206. The van der Waals surface area contributed by atoms with Crippen molar-refractivity contribution in [2.24, 2.45) is 0 Å². The lowest BCUT2D eigenvalue weighted by molar-refractivity contribution is 0.386. The third kappa shape index (κ3) is 3.86. The maximum Gasteiger partial charge on any atom is 0.246 e. The average Bonchev–Trinajstić information content (AvgIpc) is 3.31. The second kappa shape index (κ2) is 7.84. The van der Waals surface area contributed by atoms with Gasteiger partial charge in [-0.3, -0.25) is 9.36 Å². The maximum absolute atomic E-state index is 13.2. The van der Waals surface area contributed by atoms with E-state index in [4.69, 9.17) is 0 Å². The van der Waals surface area contributed by atoms with Gasteiger partial charge in [0, 0.05) is 32.0 Å². The van der Waals surface area contributed by atoms with Gasteiger partial charge in [-0.15, -0.1) is 0 Å². The highest BCUT2D eigenvalue weighted by Crippen LogP contribution is 2.21. The van der Waals surface area contributed by atoms with Gasteiger partial charge in [-0.2, -0.15) is 14.5 Å². The summed E-state index contributed by atoms with van der Waals surface area (Å²) < 4.78 is 31.4. The molecule has 2 heterocycles. The lowest BCUT2D eigenvalue weighted by atomic mass is 10.2. The molecule has 7 nitrogen and oxygen atoms in total. The minimum Gasteiger partial charge on any atom is -0.272 e. The van der Waals surface area contributed by atoms with Crippen LogP contribution >= 0.6 is 0 Å². The SMILES string of the molecule is CCn1cc(S(=O)(=O)N(Cc2ccccc2)Cc2ccnn2CC)cn1. The van der Waals surface area contributed by atoms with E-state index in [1.807, 2.05) is 54.9 Å². The van der Waals surface area contributed by atoms with Crippen LogP contribution in [0.4, 0.5) is 0 Å². The third-order valence-corrected chi connectivity index (χ3v) is 5.96. The molecule has 0 saturated heterocycles. The fraction of sp³-hybridized carbons (Fsp3) is 0.333. The topological polar surface area (TPSA) is 73.0 Å². The van der Waals surface area contributed by atoms with Crippen LogP contribution in [0.3, 0.4) is 0 Å². The van der Waals surface area contributed by atoms with Crippen LogP contribution in [0.1, 0.15) is 25.1 Å². The van der Waals surface area contributed by atoms with Crippen molar-refractivity contribution in [3.63, 3.8) is 0 Å². The molecule has 0 N–H and O–H groups in total. The normalized spacial score (nSPS) is 12.0. The molecule has 0 aliphatic heterocycles. The number of hydrogen-bond acceptors (Lipinski definition) is 4. The van der Waals surface area contributed by atoms with E-state index >= 15 is 0 Å². The average molecular weight is 373 g/mol. The Labute approximate surface area is 153 Å². The first-order valence-corrected chi connectivity index (χ1v) is 10.1. The molecule has 0 spiro atoms. The summed E-state index contributed by atoms with van der Waals surface area (Å²) in [6, 6.07) is 11.4. The number of rotatable bonds is 8. The molecule has 26 heavy (non-hydrogen) atoms. The number of sulfonamides is 1. The summed E-state index contributed by atoms with van der Waals surface area (Å²) in [6.45, 7) is 5.76. The van der Waals surface area contributed by atoms with Gasteiger partial charge in [-0.05, 0) is 25.5 Å². The van der Waals surface area contributed by atoms with Crippen LogP contribution in [0.25, 0.3) is 0 Å². The van der Waals surface area contributed by atoms with E-state index in [-0.39, 0.29) is 18.0 Å². The lowest BCUT2D eigenvalue weighted by Gasteiger charge is -2.22. The summed E-state index contributed by atoms with van der Waals surface area (Å²) in [4.78, 5) is 0.206. The second-order valence-electron chi connectivity index (χ2n) is 5.93. The summed E-state index contributed by atoms with van der Waals surface area (Å²) in [5.41, 5.74) is 1.79. The fourth-order valence-electron chi connectivity index (χ4n) is 2.77. The van der Waals surface area contributed by atoms with Crippen LogP contribution in [-0.2, 0) is 36.2 Å². The predicted molar refractivity (Wildman–Crippen MR) is 98.7 cm³/mol. The molecular weight excluding hydrogens is 350 g/mol. The largest absolute Gasteiger partial charge is 0.272 e. The highest BCUT2D eigenvalue weighted by Gasteiger charge is 2.27. The number of nitrogens with zero attached hydrogens (tertiary/aromatic N) is 5. The van der Waals surface area contributed by atoms with Crippen molar-refractivity contribution in [2.45, 2.75) is 44.9 Å². The first kappa shape index (κ1) is 18.3. The van der Waals surface area contributed by atoms with Gasteiger partial charge >= 0.3 is 0 Å². The molecule has 3 aromatic rings. The van der Waals surface area contributed by atoms with Crippen molar-refractivity contribution in [3.05, 3.63) is 66.2 Å². The Morgan fingerprint density at radius 3 is 2.42 bits per heavy atom. The minimum atomic E-state index is -3.68. The van der Waals surface area contributed by atoms with Crippen LogP contribution in [0.2, 0.25) is 0 Å². The summed E-state index contributed by atoms with van der Waals surface area (Å²) in [7, 11) is -3.68. The number of aryl methyl sites for hydroxylation is 2. The van der Waals surface area contributed by atoms with Crippen molar-refractivity contribution in [1.29, 1.82) is 0 Å². The van der Waals surface area contributed by atoms with Crippen LogP contribution in [0.15, 0.2) is 59.9 Å². The fourth-order valence-corrected chi connectivity index (χ4v) is 4.13.